The maximum absolute atomic E-state index is 12.4. The van der Waals surface area contributed by atoms with Gasteiger partial charge in [-0.3, -0.25) is 9.71 Å². The third-order valence-electron chi connectivity index (χ3n) is 3.94. The normalized spacial score (nSPS) is 19.1. The lowest BCUT2D eigenvalue weighted by Gasteiger charge is -2.06. The first-order valence-corrected chi connectivity index (χ1v) is 9.07. The van der Waals surface area contributed by atoms with E-state index in [-0.39, 0.29) is 0 Å². The average molecular weight is 320 g/mol. The smallest absolute Gasteiger partial charge is 0.264 e. The molecule has 1 aromatic rings. The maximum atomic E-state index is 12.4. The van der Waals surface area contributed by atoms with E-state index in [4.69, 9.17) is 0 Å². The fourth-order valence-corrected chi connectivity index (χ4v) is 3.91. The molecule has 4 nitrogen and oxygen atoms in total. The zero-order valence-corrected chi connectivity index (χ0v) is 14.7. The fourth-order valence-electron chi connectivity index (χ4n) is 2.40. The Morgan fingerprint density at radius 2 is 1.82 bits per heavy atom. The van der Waals surface area contributed by atoms with Gasteiger partial charge in [-0.2, -0.15) is 0 Å². The molecule has 0 amide bonds. The zero-order chi connectivity index (χ0) is 16.5. The van der Waals surface area contributed by atoms with E-state index >= 15 is 0 Å². The van der Waals surface area contributed by atoms with Crippen LogP contribution in [0.15, 0.2) is 28.8 Å². The minimum atomic E-state index is -3.52. The molecule has 1 heterocycles. The zero-order valence-electron chi connectivity index (χ0n) is 13.9. The van der Waals surface area contributed by atoms with Gasteiger partial charge in [-0.05, 0) is 49.8 Å². The van der Waals surface area contributed by atoms with Crippen LogP contribution in [0.2, 0.25) is 0 Å². The second-order valence-electron chi connectivity index (χ2n) is 6.27. The van der Waals surface area contributed by atoms with Gasteiger partial charge in [0.15, 0.2) is 0 Å². The van der Waals surface area contributed by atoms with Crippen LogP contribution in [-0.4, -0.2) is 20.8 Å². The lowest BCUT2D eigenvalue weighted by Crippen LogP contribution is -2.24. The number of hydrogen-bond donors (Lipinski definition) is 1. The van der Waals surface area contributed by atoms with Crippen molar-refractivity contribution in [1.29, 1.82) is 0 Å². The number of nitrogens with zero attached hydrogens (tertiary/aromatic N) is 1. The number of hydrogen-bond acceptors (Lipinski definition) is 3. The molecular formula is C17H24N2O2S. The van der Waals surface area contributed by atoms with Crippen LogP contribution in [0.25, 0.3) is 4.91 Å². The summed E-state index contributed by atoms with van der Waals surface area (Å²) in [6, 6.07) is 5.73. The van der Waals surface area contributed by atoms with Gasteiger partial charge >= 0.3 is 0 Å². The van der Waals surface area contributed by atoms with E-state index in [0.717, 1.165) is 23.1 Å². The summed E-state index contributed by atoms with van der Waals surface area (Å²) < 4.78 is 27.4. The van der Waals surface area contributed by atoms with Crippen molar-refractivity contribution in [2.45, 2.75) is 41.0 Å². The molecule has 2 rings (SSSR count). The molecule has 0 bridgehead atoms. The van der Waals surface area contributed by atoms with Crippen LogP contribution in [-0.2, 0) is 10.0 Å². The third-order valence-corrected chi connectivity index (χ3v) is 5.48. The Balaban J connectivity index is 2.42. The van der Waals surface area contributed by atoms with E-state index < -0.39 is 10.0 Å². The van der Waals surface area contributed by atoms with Crippen molar-refractivity contribution in [3.8, 4) is 0 Å². The molecule has 0 fully saturated rings. The highest BCUT2D eigenvalue weighted by atomic mass is 32.2. The van der Waals surface area contributed by atoms with Crippen LogP contribution < -0.4 is 4.72 Å². The van der Waals surface area contributed by atoms with Gasteiger partial charge in [0.05, 0.1) is 0 Å². The Morgan fingerprint density at radius 1 is 1.14 bits per heavy atom. The average Bonchev–Trinajstić information content (AvgIpc) is 2.63. The summed E-state index contributed by atoms with van der Waals surface area (Å²) in [6.07, 6.45) is 0.942. The van der Waals surface area contributed by atoms with Crippen LogP contribution in [0.1, 0.15) is 43.9 Å². The standard InChI is InChI=1S/C17H24N2O2S/c1-11(2)8-9-18-17-14(5)16(22(20,21)19-17)15-7-6-12(3)13(4)10-15/h6-7,10-11H,8-9H2,1-5H3,(H,18,19). The minimum absolute atomic E-state index is 0.346. The molecule has 0 saturated carbocycles. The molecule has 22 heavy (non-hydrogen) atoms. The Bertz CT molecular complexity index is 744. The summed E-state index contributed by atoms with van der Waals surface area (Å²) in [6.45, 7) is 10.7. The number of aryl methyl sites for hydroxylation is 2. The minimum Gasteiger partial charge on any atom is -0.268 e. The van der Waals surface area contributed by atoms with Crippen molar-refractivity contribution in [1.82, 2.24) is 4.72 Å². The quantitative estimate of drug-likeness (QED) is 0.924. The molecule has 1 aromatic carbocycles. The third kappa shape index (κ3) is 3.40. The number of benzene rings is 1. The van der Waals surface area contributed by atoms with E-state index in [1.54, 1.807) is 0 Å². The predicted molar refractivity (Wildman–Crippen MR) is 92.3 cm³/mol. The van der Waals surface area contributed by atoms with Gasteiger partial charge in [0.2, 0.25) is 0 Å². The summed E-state index contributed by atoms with van der Waals surface area (Å²) in [4.78, 5) is 4.77. The summed E-state index contributed by atoms with van der Waals surface area (Å²) in [5.74, 6) is 1.03. The van der Waals surface area contributed by atoms with Crippen LogP contribution in [0.4, 0.5) is 0 Å². The molecule has 5 heteroatoms. The lowest BCUT2D eigenvalue weighted by molar-refractivity contribution is 0.595. The highest BCUT2D eigenvalue weighted by Gasteiger charge is 2.32. The molecule has 0 unspecified atom stereocenters. The Kier molecular flexibility index (Phi) is 4.75. The first-order chi connectivity index (χ1) is 10.2. The van der Waals surface area contributed by atoms with Crippen LogP contribution in [0, 0.1) is 19.8 Å². The molecule has 1 aliphatic heterocycles. The van der Waals surface area contributed by atoms with E-state index in [1.165, 1.54) is 0 Å². The van der Waals surface area contributed by atoms with Gasteiger partial charge in [0, 0.05) is 12.1 Å². The first kappa shape index (κ1) is 16.7. The van der Waals surface area contributed by atoms with E-state index in [2.05, 4.69) is 23.6 Å². The second-order valence-corrected chi connectivity index (χ2v) is 7.89. The van der Waals surface area contributed by atoms with Crippen molar-refractivity contribution >= 4 is 20.8 Å². The number of aliphatic imine (C=N–C) groups is 1. The fraction of sp³-hybridized carbons (Fsp3) is 0.471. The van der Waals surface area contributed by atoms with Crippen molar-refractivity contribution in [2.75, 3.05) is 6.54 Å². The SMILES string of the molecule is CC1=C(c2ccc(C)c(C)c2)S(=O)(=O)NC1=NCCC(C)C. The monoisotopic (exact) mass is 320 g/mol. The highest BCUT2D eigenvalue weighted by Crippen LogP contribution is 2.30. The Hall–Kier alpha value is -1.62. The van der Waals surface area contributed by atoms with Crippen LogP contribution in [0.3, 0.4) is 0 Å². The Labute approximate surface area is 133 Å². The van der Waals surface area contributed by atoms with Crippen molar-refractivity contribution in [3.05, 3.63) is 40.5 Å². The number of sulfonamides is 1. The van der Waals surface area contributed by atoms with Gasteiger partial charge in [-0.1, -0.05) is 32.0 Å². The van der Waals surface area contributed by atoms with Gasteiger partial charge in [-0.25, -0.2) is 8.42 Å². The summed E-state index contributed by atoms with van der Waals surface area (Å²) in [5.41, 5.74) is 3.66. The van der Waals surface area contributed by atoms with Crippen LogP contribution >= 0.6 is 0 Å². The van der Waals surface area contributed by atoms with Crippen molar-refractivity contribution in [2.24, 2.45) is 10.9 Å². The number of nitrogens with one attached hydrogen (secondary N) is 1. The topological polar surface area (TPSA) is 58.5 Å². The molecule has 0 aromatic heterocycles. The van der Waals surface area contributed by atoms with Crippen molar-refractivity contribution < 1.29 is 8.42 Å². The van der Waals surface area contributed by atoms with Gasteiger partial charge < -0.3 is 0 Å². The Morgan fingerprint density at radius 3 is 2.41 bits per heavy atom. The summed E-state index contributed by atoms with van der Waals surface area (Å²) in [7, 11) is -3.52. The molecule has 0 radical (unpaired) electrons. The molecule has 0 spiro atoms. The highest BCUT2D eigenvalue weighted by molar-refractivity contribution is 8.00. The molecule has 1 aliphatic rings. The van der Waals surface area contributed by atoms with E-state index in [9.17, 15) is 8.42 Å². The molecule has 0 atom stereocenters. The molecular weight excluding hydrogens is 296 g/mol. The maximum Gasteiger partial charge on any atom is 0.264 e. The van der Waals surface area contributed by atoms with Gasteiger partial charge in [0.1, 0.15) is 10.7 Å². The van der Waals surface area contributed by atoms with E-state index in [1.807, 2.05) is 39.0 Å². The molecule has 1 N–H and O–H groups in total. The lowest BCUT2D eigenvalue weighted by atomic mass is 10.0. The van der Waals surface area contributed by atoms with Gasteiger partial charge in [0.25, 0.3) is 10.0 Å². The van der Waals surface area contributed by atoms with Crippen molar-refractivity contribution in [3.63, 3.8) is 0 Å². The predicted octanol–water partition coefficient (Wildman–Crippen LogP) is 3.41. The largest absolute Gasteiger partial charge is 0.268 e. The van der Waals surface area contributed by atoms with E-state index in [0.29, 0.717) is 28.8 Å². The van der Waals surface area contributed by atoms with Crippen LogP contribution in [0.5, 0.6) is 0 Å². The number of amidine groups is 1. The molecule has 0 saturated heterocycles. The molecule has 120 valence electrons. The first-order valence-electron chi connectivity index (χ1n) is 7.58. The van der Waals surface area contributed by atoms with Gasteiger partial charge in [-0.15, -0.1) is 0 Å². The summed E-state index contributed by atoms with van der Waals surface area (Å²) >= 11 is 0. The molecule has 0 aliphatic carbocycles. The number of rotatable bonds is 4. The second kappa shape index (κ2) is 6.24. The summed E-state index contributed by atoms with van der Waals surface area (Å²) in [5, 5.41) is 0.